The number of nitrogens with zero attached hydrogens (tertiary/aromatic N) is 6. The van der Waals surface area contributed by atoms with E-state index >= 15 is 0 Å². The normalized spacial score (nSPS) is 21.6. The van der Waals surface area contributed by atoms with Gasteiger partial charge in [-0.1, -0.05) is 47.5 Å². The van der Waals surface area contributed by atoms with Crippen LogP contribution in [0.25, 0.3) is 11.1 Å². The molecule has 2 aliphatic heterocycles. The van der Waals surface area contributed by atoms with Crippen molar-refractivity contribution < 1.29 is 19.8 Å². The Bertz CT molecular complexity index is 2090. The maximum absolute atomic E-state index is 13.7. The van der Waals surface area contributed by atoms with E-state index in [-0.39, 0.29) is 18.3 Å². The van der Waals surface area contributed by atoms with Crippen molar-refractivity contribution in [1.29, 1.82) is 0 Å². The highest BCUT2D eigenvalue weighted by Gasteiger charge is 2.44. The van der Waals surface area contributed by atoms with E-state index < -0.39 is 12.0 Å². The van der Waals surface area contributed by atoms with Crippen LogP contribution in [0.1, 0.15) is 82.5 Å². The number of halogens is 2. The number of carbonyl (C=O) groups excluding carboxylic acids is 2. The zero-order chi connectivity index (χ0) is 37.7. The third-order valence-corrected chi connectivity index (χ3v) is 13.2. The third-order valence-electron chi connectivity index (χ3n) is 12.4. The molecule has 286 valence electrons. The van der Waals surface area contributed by atoms with Crippen LogP contribution >= 0.6 is 23.2 Å². The molecular weight excluding hydrogens is 727 g/mol. The predicted molar refractivity (Wildman–Crippen MR) is 209 cm³/mol. The summed E-state index contributed by atoms with van der Waals surface area (Å²) in [6.45, 7) is 3.99. The highest BCUT2D eigenvalue weighted by Crippen LogP contribution is 2.56. The molecule has 2 amide bonds. The number of imidazole rings is 2. The van der Waals surface area contributed by atoms with Crippen LogP contribution in [0.15, 0.2) is 36.4 Å². The fourth-order valence-corrected chi connectivity index (χ4v) is 9.91. The Morgan fingerprint density at radius 3 is 1.87 bits per heavy atom. The van der Waals surface area contributed by atoms with E-state index in [1.807, 2.05) is 35.7 Å². The molecule has 4 N–H and O–H groups in total. The first-order valence-corrected chi connectivity index (χ1v) is 19.8. The lowest BCUT2D eigenvalue weighted by Gasteiger charge is -2.32. The lowest BCUT2D eigenvalue weighted by atomic mass is 9.81. The van der Waals surface area contributed by atoms with Crippen LogP contribution in [0, 0.1) is 11.3 Å². The van der Waals surface area contributed by atoms with E-state index in [0.29, 0.717) is 69.8 Å². The molecule has 2 aromatic carbocycles. The summed E-state index contributed by atoms with van der Waals surface area (Å²) in [4.78, 5) is 41.2. The number of amides is 2. The first kappa shape index (κ1) is 37.2. The molecular formula is C40H48Cl2N8O4. The van der Waals surface area contributed by atoms with Crippen molar-refractivity contribution in [3.63, 3.8) is 0 Å². The second-order valence-corrected chi connectivity index (χ2v) is 16.5. The monoisotopic (exact) mass is 774 g/mol. The van der Waals surface area contributed by atoms with Gasteiger partial charge in [0.1, 0.15) is 0 Å². The minimum absolute atomic E-state index is 0.244. The van der Waals surface area contributed by atoms with Gasteiger partial charge in [-0.15, -0.1) is 0 Å². The molecule has 2 aromatic heterocycles. The number of aliphatic hydroxyl groups is 2. The number of nitrogens with one attached hydrogen (secondary N) is 2. The van der Waals surface area contributed by atoms with Crippen LogP contribution in [0.2, 0.25) is 10.0 Å². The molecule has 0 saturated heterocycles. The summed E-state index contributed by atoms with van der Waals surface area (Å²) < 4.78 is 3.70. The zero-order valence-corrected chi connectivity index (χ0v) is 32.4. The minimum Gasteiger partial charge on any atom is -0.394 e. The van der Waals surface area contributed by atoms with Crippen molar-refractivity contribution in [3.8, 4) is 11.1 Å². The highest BCUT2D eigenvalue weighted by molar-refractivity contribution is 6.40. The fourth-order valence-electron chi connectivity index (χ4n) is 9.36. The largest absolute Gasteiger partial charge is 0.394 e. The molecule has 0 unspecified atom stereocenters. The summed E-state index contributed by atoms with van der Waals surface area (Å²) >= 11 is 13.9. The summed E-state index contributed by atoms with van der Waals surface area (Å²) in [5.74, 6) is 0.801. The Labute approximate surface area is 325 Å². The Morgan fingerprint density at radius 1 is 0.852 bits per heavy atom. The summed E-state index contributed by atoms with van der Waals surface area (Å²) in [6.07, 6.45) is 8.95. The smallest absolute Gasteiger partial charge is 0.291 e. The van der Waals surface area contributed by atoms with Gasteiger partial charge in [0.2, 0.25) is 0 Å². The number of anilines is 2. The summed E-state index contributed by atoms with van der Waals surface area (Å²) in [5.41, 5.74) is 6.35. The maximum Gasteiger partial charge on any atom is 0.291 e. The summed E-state index contributed by atoms with van der Waals surface area (Å²) in [7, 11) is 3.72. The van der Waals surface area contributed by atoms with Gasteiger partial charge in [-0.25, -0.2) is 9.97 Å². The van der Waals surface area contributed by atoms with Crippen LogP contribution in [-0.4, -0.2) is 89.8 Å². The number of aromatic nitrogens is 4. The zero-order valence-electron chi connectivity index (χ0n) is 30.9. The quantitative estimate of drug-likeness (QED) is 0.153. The molecule has 2 bridgehead atoms. The average molecular weight is 776 g/mol. The van der Waals surface area contributed by atoms with Gasteiger partial charge in [0.05, 0.1) is 45.5 Å². The van der Waals surface area contributed by atoms with Crippen molar-refractivity contribution in [2.45, 2.75) is 70.6 Å². The Hall–Kier alpha value is -3.78. The van der Waals surface area contributed by atoms with Gasteiger partial charge >= 0.3 is 0 Å². The molecule has 12 nitrogen and oxygen atoms in total. The predicted octanol–water partition coefficient (Wildman–Crippen LogP) is 5.67. The summed E-state index contributed by atoms with van der Waals surface area (Å²) in [6, 6.07) is 10.7. The van der Waals surface area contributed by atoms with E-state index in [1.54, 1.807) is 28.8 Å². The molecule has 2 fully saturated rings. The molecule has 1 atom stereocenters. The number of β-amino-alcohol motifs (C(OH)–C–C–N with tert-alkyl or cyclic N) is 1. The van der Waals surface area contributed by atoms with E-state index in [4.69, 9.17) is 28.2 Å². The molecule has 4 aromatic rings. The topological polar surface area (TPSA) is 141 Å². The Morgan fingerprint density at radius 2 is 1.37 bits per heavy atom. The van der Waals surface area contributed by atoms with Crippen LogP contribution in [0.4, 0.5) is 11.4 Å². The number of hydrogen-bond acceptors (Lipinski definition) is 8. The number of benzene rings is 2. The van der Waals surface area contributed by atoms with Crippen LogP contribution in [0.3, 0.4) is 0 Å². The van der Waals surface area contributed by atoms with Crippen LogP contribution in [-0.2, 0) is 40.0 Å². The average Bonchev–Trinajstić information content (AvgIpc) is 3.94. The number of hydrogen-bond donors (Lipinski definition) is 4. The molecule has 4 heterocycles. The van der Waals surface area contributed by atoms with Crippen LogP contribution in [0.5, 0.6) is 0 Å². The molecule has 2 aliphatic carbocycles. The van der Waals surface area contributed by atoms with Gasteiger partial charge in [0.15, 0.2) is 11.6 Å². The third kappa shape index (κ3) is 7.08. The first-order chi connectivity index (χ1) is 26.0. The van der Waals surface area contributed by atoms with Gasteiger partial charge < -0.3 is 30.0 Å². The molecule has 4 aliphatic rings. The number of carbonyl (C=O) groups is 2. The minimum atomic E-state index is -0.832. The lowest BCUT2D eigenvalue weighted by Crippen LogP contribution is -2.38. The SMILES string of the molecule is Cn1c(C(=O)Nc2cccc(-c3cccc(NC(=O)c4nc5c(n4C)CCN(C[C@@H](O)CO)C5)c3Cl)c2Cl)nc2c1CCN(CCC13CCC(CC1)C3)C2. The van der Waals surface area contributed by atoms with Gasteiger partial charge in [0, 0.05) is 82.2 Å². The van der Waals surface area contributed by atoms with E-state index in [1.165, 1.54) is 38.5 Å². The van der Waals surface area contributed by atoms with E-state index in [0.717, 1.165) is 54.7 Å². The maximum atomic E-state index is 13.7. The molecule has 54 heavy (non-hydrogen) atoms. The highest BCUT2D eigenvalue weighted by atomic mass is 35.5. The Balaban J connectivity index is 0.947. The summed E-state index contributed by atoms with van der Waals surface area (Å²) in [5, 5.41) is 25.7. The van der Waals surface area contributed by atoms with Crippen molar-refractivity contribution >= 4 is 46.4 Å². The lowest BCUT2D eigenvalue weighted by molar-refractivity contribution is 0.0544. The van der Waals surface area contributed by atoms with Crippen molar-refractivity contribution in [2.75, 3.05) is 43.4 Å². The fraction of sp³-hybridized carbons (Fsp3) is 0.500. The van der Waals surface area contributed by atoms with Gasteiger partial charge in [0.25, 0.3) is 11.8 Å². The van der Waals surface area contributed by atoms with Crippen molar-refractivity contribution in [2.24, 2.45) is 25.4 Å². The standard InChI is InChI=1S/C40H48Cl2N8O4/c1-47-32-11-16-49(18-15-40-13-9-24(19-40)10-14-40)21-30(32)43-36(47)38(53)45-28-7-3-5-26(34(28)41)27-6-4-8-29(35(27)42)46-39(54)37-44-31-22-50(20-25(52)23-51)17-12-33(31)48(37)2/h3-8,24-25,51-52H,9-23H2,1-2H3,(H,45,53)(H,46,54)/t24?,25-,40?/m1/s1. The van der Waals surface area contributed by atoms with Crippen molar-refractivity contribution in [1.82, 2.24) is 28.9 Å². The number of fused-ring (bicyclic) bond motifs is 4. The molecule has 2 saturated carbocycles. The molecule has 14 heteroatoms. The van der Waals surface area contributed by atoms with Gasteiger partial charge in [-0.3, -0.25) is 19.4 Å². The van der Waals surface area contributed by atoms with Crippen molar-refractivity contribution in [3.05, 3.63) is 80.9 Å². The molecule has 8 rings (SSSR count). The van der Waals surface area contributed by atoms with E-state index in [9.17, 15) is 19.8 Å². The van der Waals surface area contributed by atoms with E-state index in [2.05, 4.69) is 20.5 Å². The van der Waals surface area contributed by atoms with Gasteiger partial charge in [-0.05, 0) is 68.5 Å². The van der Waals surface area contributed by atoms with Crippen LogP contribution < -0.4 is 10.6 Å². The second kappa shape index (κ2) is 15.0. The molecule has 0 radical (unpaired) electrons. The second-order valence-electron chi connectivity index (χ2n) is 15.8. The number of aliphatic hydroxyl groups excluding tert-OH is 2. The first-order valence-electron chi connectivity index (χ1n) is 19.0. The Kier molecular flexibility index (Phi) is 10.4. The number of rotatable bonds is 11. The van der Waals surface area contributed by atoms with Gasteiger partial charge in [-0.2, -0.15) is 0 Å². The molecule has 0 spiro atoms.